The smallest absolute Gasteiger partial charge is 0.00297 e. The van der Waals surface area contributed by atoms with E-state index in [1.165, 1.54) is 0 Å². The fourth-order valence-electron chi connectivity index (χ4n) is 0. The van der Waals surface area contributed by atoms with Crippen molar-refractivity contribution in [3.63, 3.8) is 0 Å². The van der Waals surface area contributed by atoms with Crippen molar-refractivity contribution in [1.82, 2.24) is 0 Å². The first-order chi connectivity index (χ1) is 3.83. The second-order valence-electron chi connectivity index (χ2n) is 0.697. The molecule has 48 valence electrons. The summed E-state index contributed by atoms with van der Waals surface area (Å²) in [5.41, 5.74) is 0. The highest BCUT2D eigenvalue weighted by Gasteiger charge is 1.15. The summed E-state index contributed by atoms with van der Waals surface area (Å²) in [5, 5.41) is 0. The zero-order chi connectivity index (χ0) is 7.41. The predicted octanol–water partition coefficient (Wildman–Crippen LogP) is 2.86. The van der Waals surface area contributed by atoms with Crippen LogP contribution in [0.3, 0.4) is 0 Å². The van der Waals surface area contributed by atoms with Crippen LogP contribution < -0.4 is 0 Å². The highest BCUT2D eigenvalue weighted by atomic mass is 13.2. The van der Waals surface area contributed by atoms with Gasteiger partial charge in [-0.05, 0) is 13.8 Å². The third kappa shape index (κ3) is 200. The predicted molar refractivity (Wildman–Crippen MR) is 41.7 cm³/mol. The van der Waals surface area contributed by atoms with Crippen LogP contribution in [-0.2, 0) is 0 Å². The Kier molecular flexibility index (Phi) is 205. The van der Waals surface area contributed by atoms with Gasteiger partial charge in [0, 0.05) is 0 Å². The van der Waals surface area contributed by atoms with Crippen LogP contribution in [0.5, 0.6) is 0 Å². The molecule has 0 bridgehead atoms. The first-order valence-electron chi connectivity index (χ1n) is 2.77. The summed E-state index contributed by atoms with van der Waals surface area (Å²) in [6.45, 7) is 10.9. The second-order valence-corrected chi connectivity index (χ2v) is 0.697. The third-order valence-corrected chi connectivity index (χ3v) is 0. The quantitative estimate of drug-likeness (QED) is 0.334. The molecule has 0 aromatic rings. The lowest BCUT2D eigenvalue weighted by molar-refractivity contribution is 1.50. The van der Waals surface area contributed by atoms with Gasteiger partial charge in [-0.2, -0.15) is 0 Å². The van der Waals surface area contributed by atoms with Gasteiger partial charge in [0.2, 0.25) is 0 Å². The summed E-state index contributed by atoms with van der Waals surface area (Å²) in [4.78, 5) is 0. The van der Waals surface area contributed by atoms with E-state index < -0.39 is 0 Å². The van der Waals surface area contributed by atoms with Crippen LogP contribution in [0.15, 0.2) is 12.7 Å². The van der Waals surface area contributed by atoms with Gasteiger partial charge in [0.25, 0.3) is 0 Å². The van der Waals surface area contributed by atoms with Gasteiger partial charge < -0.3 is 0 Å². The van der Waals surface area contributed by atoms with Crippen LogP contribution in [0.4, 0.5) is 0 Å². The van der Waals surface area contributed by atoms with E-state index in [1.54, 1.807) is 13.0 Å². The zero-order valence-electron chi connectivity index (χ0n) is 6.36. The van der Waals surface area contributed by atoms with Crippen LogP contribution in [0.25, 0.3) is 0 Å². The Morgan fingerprint density at radius 1 is 1.50 bits per heavy atom. The summed E-state index contributed by atoms with van der Waals surface area (Å²) >= 11 is 0. The summed E-state index contributed by atoms with van der Waals surface area (Å²) in [5.74, 6) is 2.25. The van der Waals surface area contributed by atoms with Crippen molar-refractivity contribution in [2.24, 2.45) is 0 Å². The average molecular weight is 112 g/mol. The van der Waals surface area contributed by atoms with Crippen LogP contribution in [-0.4, -0.2) is 0 Å². The summed E-state index contributed by atoms with van der Waals surface area (Å²) in [7, 11) is 0. The third-order valence-electron chi connectivity index (χ3n) is 0. The van der Waals surface area contributed by atoms with Crippen molar-refractivity contribution < 1.29 is 0 Å². The standard InChI is InChI=1S/C3H6.C3H4.C2H6/c2*1-3-2;1-2/h3H,1H2,2H3;1H,2H3;1-2H3. The Morgan fingerprint density at radius 3 is 1.50 bits per heavy atom. The average Bonchev–Trinajstić information content (AvgIpc) is 1.75. The van der Waals surface area contributed by atoms with Crippen molar-refractivity contribution in [2.45, 2.75) is 27.7 Å². The van der Waals surface area contributed by atoms with Gasteiger partial charge >= 0.3 is 0 Å². The summed E-state index contributed by atoms with van der Waals surface area (Å²) in [6.07, 6.45) is 6.35. The first kappa shape index (κ1) is 15.7. The maximum Gasteiger partial charge on any atom is -0.00297 e. The molecule has 0 aromatic carbocycles. The van der Waals surface area contributed by atoms with Crippen molar-refractivity contribution in [3.8, 4) is 12.3 Å². The molecule has 0 saturated heterocycles. The molecule has 0 heteroatoms. The Labute approximate surface area is 53.6 Å². The molecule has 0 saturated carbocycles. The molecule has 0 radical (unpaired) electrons. The fraction of sp³-hybridized carbons (Fsp3) is 0.500. The fourth-order valence-corrected chi connectivity index (χ4v) is 0. The van der Waals surface area contributed by atoms with Gasteiger partial charge in [0.1, 0.15) is 0 Å². The SMILES string of the molecule is C#CC.C=CC.CC. The molecule has 0 spiro atoms. The molecule has 0 N–H and O–H groups in total. The minimum atomic E-state index is 1.65. The van der Waals surface area contributed by atoms with Crippen molar-refractivity contribution >= 4 is 0 Å². The minimum absolute atomic E-state index is 1.65. The number of terminal acetylenes is 1. The van der Waals surface area contributed by atoms with E-state index in [2.05, 4.69) is 18.9 Å². The van der Waals surface area contributed by atoms with Gasteiger partial charge in [-0.15, -0.1) is 18.9 Å². The number of rotatable bonds is 0. The number of allylic oxidation sites excluding steroid dienone is 1. The molecule has 0 nitrogen and oxygen atoms in total. The van der Waals surface area contributed by atoms with Crippen molar-refractivity contribution in [3.05, 3.63) is 12.7 Å². The van der Waals surface area contributed by atoms with Crippen molar-refractivity contribution in [2.75, 3.05) is 0 Å². The van der Waals surface area contributed by atoms with Gasteiger partial charge in [0.15, 0.2) is 0 Å². The van der Waals surface area contributed by atoms with Crippen LogP contribution in [0.1, 0.15) is 27.7 Å². The van der Waals surface area contributed by atoms with E-state index >= 15 is 0 Å². The van der Waals surface area contributed by atoms with E-state index in [1.807, 2.05) is 20.8 Å². The topological polar surface area (TPSA) is 0 Å². The molecule has 0 fully saturated rings. The largest absolute Gasteiger partial charge is 0.120 e. The Morgan fingerprint density at radius 2 is 1.50 bits per heavy atom. The van der Waals surface area contributed by atoms with E-state index in [9.17, 15) is 0 Å². The lowest BCUT2D eigenvalue weighted by atomic mass is 10.8. The van der Waals surface area contributed by atoms with Gasteiger partial charge in [-0.25, -0.2) is 0 Å². The maximum absolute atomic E-state index is 4.60. The summed E-state index contributed by atoms with van der Waals surface area (Å²) < 4.78 is 0. The molecular weight excluding hydrogens is 96.1 g/mol. The Bertz CT molecular complexity index is 45.5. The van der Waals surface area contributed by atoms with Crippen LogP contribution in [0, 0.1) is 12.3 Å². The molecule has 0 aromatic heterocycles. The number of hydrogen-bond donors (Lipinski definition) is 0. The van der Waals surface area contributed by atoms with Crippen molar-refractivity contribution in [1.29, 1.82) is 0 Å². The molecule has 0 heterocycles. The first-order valence-corrected chi connectivity index (χ1v) is 2.77. The maximum atomic E-state index is 4.60. The normalized spacial score (nSPS) is 3.38. The Hall–Kier alpha value is -0.700. The van der Waals surface area contributed by atoms with Gasteiger partial charge in [-0.1, -0.05) is 19.9 Å². The second kappa shape index (κ2) is 105. The zero-order valence-corrected chi connectivity index (χ0v) is 6.36. The van der Waals surface area contributed by atoms with E-state index in [0.717, 1.165) is 0 Å². The number of hydrogen-bond acceptors (Lipinski definition) is 0. The van der Waals surface area contributed by atoms with Gasteiger partial charge in [0.05, 0.1) is 0 Å². The lowest BCUT2D eigenvalue weighted by Gasteiger charge is -1.31. The molecule has 0 atom stereocenters. The highest BCUT2D eigenvalue weighted by molar-refractivity contribution is 4.73. The molecule has 0 aliphatic heterocycles. The molecule has 0 amide bonds. The molecular formula is C8H16. The van der Waals surface area contributed by atoms with E-state index in [-0.39, 0.29) is 0 Å². The summed E-state index contributed by atoms with van der Waals surface area (Å²) in [6, 6.07) is 0. The van der Waals surface area contributed by atoms with E-state index in [0.29, 0.717) is 0 Å². The lowest BCUT2D eigenvalue weighted by Crippen LogP contribution is -1.10. The molecule has 0 unspecified atom stereocenters. The van der Waals surface area contributed by atoms with Gasteiger partial charge in [-0.3, -0.25) is 0 Å². The van der Waals surface area contributed by atoms with Crippen LogP contribution in [0.2, 0.25) is 0 Å². The molecule has 0 rings (SSSR count). The highest BCUT2D eigenvalue weighted by Crippen LogP contribution is 1.38. The van der Waals surface area contributed by atoms with E-state index in [4.69, 9.17) is 0 Å². The Balaban J connectivity index is -0.0000000483. The molecule has 8 heavy (non-hydrogen) atoms. The monoisotopic (exact) mass is 112 g/mol. The minimum Gasteiger partial charge on any atom is -0.120 e. The van der Waals surface area contributed by atoms with Crippen LogP contribution >= 0.6 is 0 Å². The molecule has 0 aliphatic carbocycles. The molecule has 0 aliphatic rings.